The maximum Gasteiger partial charge on any atom is 0.203 e. The second-order valence-corrected chi connectivity index (χ2v) is 5.78. The van der Waals surface area contributed by atoms with E-state index in [1.165, 1.54) is 0 Å². The van der Waals surface area contributed by atoms with Gasteiger partial charge in [-0.15, -0.1) is 0 Å². The normalized spacial score (nSPS) is 14.0. The summed E-state index contributed by atoms with van der Waals surface area (Å²) in [6, 6.07) is 8.28. The maximum atomic E-state index is 6.09. The van der Waals surface area contributed by atoms with Gasteiger partial charge in [0.1, 0.15) is 0 Å². The highest BCUT2D eigenvalue weighted by molar-refractivity contribution is 6.30. The molecule has 0 radical (unpaired) electrons. The van der Waals surface area contributed by atoms with Crippen LogP contribution in [0.1, 0.15) is 31.1 Å². The molecule has 0 aliphatic carbocycles. The Kier molecular flexibility index (Phi) is 5.26. The Morgan fingerprint density at radius 2 is 2.14 bits per heavy atom. The third kappa shape index (κ3) is 3.99. The van der Waals surface area contributed by atoms with E-state index in [0.717, 1.165) is 22.2 Å². The minimum Gasteiger partial charge on any atom is -0.383 e. The Morgan fingerprint density at radius 3 is 2.81 bits per heavy atom. The molecule has 0 saturated heterocycles. The van der Waals surface area contributed by atoms with Gasteiger partial charge in [0.2, 0.25) is 5.95 Å². The highest BCUT2D eigenvalue weighted by atomic mass is 35.5. The van der Waals surface area contributed by atoms with Crippen LogP contribution in [-0.2, 0) is 4.74 Å². The first-order valence-corrected chi connectivity index (χ1v) is 7.45. The summed E-state index contributed by atoms with van der Waals surface area (Å²) >= 11 is 6.09. The van der Waals surface area contributed by atoms with Crippen LogP contribution in [0.3, 0.4) is 0 Å². The number of aryl methyl sites for hydroxylation is 1. The molecule has 0 saturated carbocycles. The fourth-order valence-electron chi connectivity index (χ4n) is 2.36. The standard InChI is InChI=1S/C16H22ClN3O/c1-11-9-20(16(18-11)19-12(2)10-21-4)13(3)14-6-5-7-15(17)8-14/h5-9,12-13H,10H2,1-4H3,(H,18,19). The molecular formula is C16H22ClN3O. The summed E-state index contributed by atoms with van der Waals surface area (Å²) in [6.45, 7) is 6.84. The molecule has 1 heterocycles. The lowest BCUT2D eigenvalue weighted by molar-refractivity contribution is 0.190. The highest BCUT2D eigenvalue weighted by Crippen LogP contribution is 2.25. The van der Waals surface area contributed by atoms with E-state index in [4.69, 9.17) is 16.3 Å². The van der Waals surface area contributed by atoms with E-state index in [9.17, 15) is 0 Å². The molecule has 2 atom stereocenters. The molecule has 1 aromatic heterocycles. The van der Waals surface area contributed by atoms with Gasteiger partial charge in [0, 0.05) is 24.4 Å². The van der Waals surface area contributed by atoms with E-state index in [2.05, 4.69) is 34.8 Å². The molecule has 21 heavy (non-hydrogen) atoms. The van der Waals surface area contributed by atoms with Gasteiger partial charge in [-0.05, 0) is 38.5 Å². The van der Waals surface area contributed by atoms with Crippen LogP contribution in [-0.4, -0.2) is 29.3 Å². The fourth-order valence-corrected chi connectivity index (χ4v) is 2.56. The third-order valence-corrected chi connectivity index (χ3v) is 3.63. The number of ether oxygens (including phenoxy) is 1. The third-order valence-electron chi connectivity index (χ3n) is 3.39. The van der Waals surface area contributed by atoms with Crippen molar-refractivity contribution >= 4 is 17.5 Å². The van der Waals surface area contributed by atoms with Crippen LogP contribution in [0.5, 0.6) is 0 Å². The average Bonchev–Trinajstić information content (AvgIpc) is 2.79. The summed E-state index contributed by atoms with van der Waals surface area (Å²) < 4.78 is 7.30. The van der Waals surface area contributed by atoms with Gasteiger partial charge in [0.25, 0.3) is 0 Å². The highest BCUT2D eigenvalue weighted by Gasteiger charge is 2.15. The van der Waals surface area contributed by atoms with Crippen LogP contribution in [0.4, 0.5) is 5.95 Å². The van der Waals surface area contributed by atoms with Gasteiger partial charge >= 0.3 is 0 Å². The van der Waals surface area contributed by atoms with Gasteiger partial charge in [-0.2, -0.15) is 0 Å². The van der Waals surface area contributed by atoms with E-state index in [-0.39, 0.29) is 12.1 Å². The minimum absolute atomic E-state index is 0.155. The number of hydrogen-bond donors (Lipinski definition) is 1. The monoisotopic (exact) mass is 307 g/mol. The first-order valence-electron chi connectivity index (χ1n) is 7.07. The summed E-state index contributed by atoms with van der Waals surface area (Å²) in [5, 5.41) is 4.14. The van der Waals surface area contributed by atoms with Crippen molar-refractivity contribution < 1.29 is 4.74 Å². The van der Waals surface area contributed by atoms with E-state index in [1.54, 1.807) is 7.11 Å². The first kappa shape index (κ1) is 15.9. The molecule has 0 aliphatic rings. The fraction of sp³-hybridized carbons (Fsp3) is 0.438. The summed E-state index contributed by atoms with van der Waals surface area (Å²) in [5.74, 6) is 0.851. The molecule has 0 aliphatic heterocycles. The number of benzene rings is 1. The van der Waals surface area contributed by atoms with Crippen LogP contribution in [0.15, 0.2) is 30.5 Å². The number of rotatable bonds is 6. The molecule has 0 fully saturated rings. The van der Waals surface area contributed by atoms with Gasteiger partial charge < -0.3 is 14.6 Å². The predicted octanol–water partition coefficient (Wildman–Crippen LogP) is 3.90. The number of hydrogen-bond acceptors (Lipinski definition) is 3. The molecule has 2 unspecified atom stereocenters. The van der Waals surface area contributed by atoms with Gasteiger partial charge in [0.15, 0.2) is 0 Å². The van der Waals surface area contributed by atoms with Crippen molar-refractivity contribution in [1.29, 1.82) is 0 Å². The second-order valence-electron chi connectivity index (χ2n) is 5.34. The van der Waals surface area contributed by atoms with Crippen molar-refractivity contribution in [2.45, 2.75) is 32.9 Å². The molecule has 1 N–H and O–H groups in total. The Hall–Kier alpha value is -1.52. The van der Waals surface area contributed by atoms with Crippen LogP contribution >= 0.6 is 11.6 Å². The van der Waals surface area contributed by atoms with Crippen molar-refractivity contribution in [2.24, 2.45) is 0 Å². The number of nitrogens with one attached hydrogen (secondary N) is 1. The quantitative estimate of drug-likeness (QED) is 0.879. The number of halogens is 1. The summed E-state index contributed by atoms with van der Waals surface area (Å²) in [7, 11) is 1.70. The summed E-state index contributed by atoms with van der Waals surface area (Å²) in [6.07, 6.45) is 2.05. The average molecular weight is 308 g/mol. The summed E-state index contributed by atoms with van der Waals surface area (Å²) in [5.41, 5.74) is 2.14. The molecule has 1 aromatic carbocycles. The smallest absolute Gasteiger partial charge is 0.203 e. The van der Waals surface area contributed by atoms with Gasteiger partial charge in [0.05, 0.1) is 18.3 Å². The molecule has 114 valence electrons. The topological polar surface area (TPSA) is 39.1 Å². The molecule has 2 aromatic rings. The van der Waals surface area contributed by atoms with Crippen molar-refractivity contribution in [3.63, 3.8) is 0 Å². The van der Waals surface area contributed by atoms with Crippen LogP contribution < -0.4 is 5.32 Å². The Bertz CT molecular complexity index is 597. The lowest BCUT2D eigenvalue weighted by Gasteiger charge is -2.20. The van der Waals surface area contributed by atoms with Crippen molar-refractivity contribution in [3.05, 3.63) is 46.7 Å². The Morgan fingerprint density at radius 1 is 1.38 bits per heavy atom. The van der Waals surface area contributed by atoms with Crippen LogP contribution in [0.2, 0.25) is 5.02 Å². The first-order chi connectivity index (χ1) is 10.0. The van der Waals surface area contributed by atoms with Crippen molar-refractivity contribution in [2.75, 3.05) is 19.0 Å². The van der Waals surface area contributed by atoms with Gasteiger partial charge in [-0.3, -0.25) is 0 Å². The Balaban J connectivity index is 2.26. The van der Waals surface area contributed by atoms with Crippen molar-refractivity contribution in [1.82, 2.24) is 9.55 Å². The van der Waals surface area contributed by atoms with Crippen molar-refractivity contribution in [3.8, 4) is 0 Å². The van der Waals surface area contributed by atoms with Gasteiger partial charge in [-0.25, -0.2) is 4.98 Å². The largest absolute Gasteiger partial charge is 0.383 e. The molecule has 0 amide bonds. The van der Waals surface area contributed by atoms with E-state index in [0.29, 0.717) is 6.61 Å². The number of imidazole rings is 1. The van der Waals surface area contributed by atoms with E-state index < -0.39 is 0 Å². The molecule has 2 rings (SSSR count). The second kappa shape index (κ2) is 6.96. The number of nitrogens with zero attached hydrogens (tertiary/aromatic N) is 2. The zero-order valence-corrected chi connectivity index (χ0v) is 13.7. The maximum absolute atomic E-state index is 6.09. The van der Waals surface area contributed by atoms with Crippen LogP contribution in [0.25, 0.3) is 0 Å². The molecular weight excluding hydrogens is 286 g/mol. The number of methoxy groups -OCH3 is 1. The Labute approximate surface area is 131 Å². The minimum atomic E-state index is 0.155. The molecule has 5 heteroatoms. The molecule has 0 bridgehead atoms. The molecule has 4 nitrogen and oxygen atoms in total. The molecule has 0 spiro atoms. The van der Waals surface area contributed by atoms with E-state index >= 15 is 0 Å². The lowest BCUT2D eigenvalue weighted by atomic mass is 10.1. The SMILES string of the molecule is COCC(C)Nc1nc(C)cn1C(C)c1cccc(Cl)c1. The number of anilines is 1. The summed E-state index contributed by atoms with van der Waals surface area (Å²) in [4.78, 5) is 4.57. The lowest BCUT2D eigenvalue weighted by Crippen LogP contribution is -2.24. The predicted molar refractivity (Wildman–Crippen MR) is 87.2 cm³/mol. The zero-order valence-electron chi connectivity index (χ0n) is 12.9. The van der Waals surface area contributed by atoms with Crippen LogP contribution in [0, 0.1) is 6.92 Å². The van der Waals surface area contributed by atoms with Gasteiger partial charge in [-0.1, -0.05) is 23.7 Å². The number of aromatic nitrogens is 2. The van der Waals surface area contributed by atoms with E-state index in [1.807, 2.05) is 31.3 Å². The zero-order chi connectivity index (χ0) is 15.4.